The van der Waals surface area contributed by atoms with Crippen LogP contribution >= 0.6 is 0 Å². The monoisotopic (exact) mass is 400 g/mol. The maximum Gasteiger partial charge on any atom is 0.274 e. The summed E-state index contributed by atoms with van der Waals surface area (Å²) < 4.78 is 6.77. The summed E-state index contributed by atoms with van der Waals surface area (Å²) in [6.07, 6.45) is 6.84. The average molecular weight is 400 g/mol. The fraction of sp³-hybridized carbons (Fsp3) is 0.136. The molecule has 0 aliphatic heterocycles. The molecular formula is C22H20N6O2. The van der Waals surface area contributed by atoms with Crippen molar-refractivity contribution in [2.75, 3.05) is 12.4 Å². The van der Waals surface area contributed by atoms with E-state index in [9.17, 15) is 4.79 Å². The smallest absolute Gasteiger partial charge is 0.274 e. The highest BCUT2D eigenvalue weighted by Gasteiger charge is 2.16. The van der Waals surface area contributed by atoms with Crippen molar-refractivity contribution in [3.05, 3.63) is 72.4 Å². The predicted molar refractivity (Wildman–Crippen MR) is 113 cm³/mol. The van der Waals surface area contributed by atoms with E-state index >= 15 is 0 Å². The molecule has 0 fully saturated rings. The lowest BCUT2D eigenvalue weighted by atomic mass is 10.1. The molecule has 4 aromatic rings. The summed E-state index contributed by atoms with van der Waals surface area (Å²) >= 11 is 0. The molecule has 4 aromatic heterocycles. The van der Waals surface area contributed by atoms with E-state index < -0.39 is 0 Å². The van der Waals surface area contributed by atoms with Crippen LogP contribution in [0.2, 0.25) is 0 Å². The van der Waals surface area contributed by atoms with Crippen LogP contribution in [-0.2, 0) is 7.05 Å². The van der Waals surface area contributed by atoms with Crippen LogP contribution in [0.4, 0.5) is 5.69 Å². The lowest BCUT2D eigenvalue weighted by Gasteiger charge is -2.07. The second-order valence-electron chi connectivity index (χ2n) is 6.76. The number of anilines is 1. The topological polar surface area (TPSA) is 94.8 Å². The van der Waals surface area contributed by atoms with Crippen molar-refractivity contribution in [1.82, 2.24) is 24.7 Å². The van der Waals surface area contributed by atoms with Gasteiger partial charge in [0.25, 0.3) is 5.91 Å². The lowest BCUT2D eigenvalue weighted by Crippen LogP contribution is -2.14. The summed E-state index contributed by atoms with van der Waals surface area (Å²) in [5, 5.41) is 7.32. The van der Waals surface area contributed by atoms with Gasteiger partial charge in [-0.1, -0.05) is 6.07 Å². The van der Waals surface area contributed by atoms with E-state index in [1.165, 1.54) is 0 Å². The lowest BCUT2D eigenvalue weighted by molar-refractivity contribution is 0.102. The van der Waals surface area contributed by atoms with Gasteiger partial charge in [0.05, 0.1) is 30.4 Å². The number of carbonyl (C=O) groups excluding carboxylic acids is 1. The molecule has 1 N–H and O–H groups in total. The molecule has 8 heteroatoms. The van der Waals surface area contributed by atoms with E-state index in [0.29, 0.717) is 34.2 Å². The van der Waals surface area contributed by atoms with Crippen LogP contribution in [0, 0.1) is 6.92 Å². The van der Waals surface area contributed by atoms with E-state index in [1.54, 1.807) is 67.9 Å². The maximum atomic E-state index is 12.9. The van der Waals surface area contributed by atoms with Gasteiger partial charge in [-0.05, 0) is 42.8 Å². The number of ether oxygens (including phenoxy) is 1. The van der Waals surface area contributed by atoms with Crippen LogP contribution in [-0.4, -0.2) is 37.7 Å². The van der Waals surface area contributed by atoms with Gasteiger partial charge in [-0.2, -0.15) is 5.10 Å². The molecule has 0 radical (unpaired) electrons. The minimum absolute atomic E-state index is 0.298. The second kappa shape index (κ2) is 8.12. The molecule has 0 aromatic carbocycles. The molecule has 0 aliphatic rings. The Kier molecular flexibility index (Phi) is 5.21. The molecule has 150 valence electrons. The Balaban J connectivity index is 1.61. The number of aromatic nitrogens is 5. The van der Waals surface area contributed by atoms with Crippen molar-refractivity contribution in [3.8, 4) is 28.4 Å². The van der Waals surface area contributed by atoms with E-state index in [1.807, 2.05) is 19.1 Å². The number of hydrogen-bond donors (Lipinski definition) is 1. The normalized spacial score (nSPS) is 10.6. The Morgan fingerprint density at radius 2 is 1.97 bits per heavy atom. The van der Waals surface area contributed by atoms with Gasteiger partial charge in [-0.25, -0.2) is 4.98 Å². The number of nitrogens with one attached hydrogen (secondary N) is 1. The van der Waals surface area contributed by atoms with Crippen LogP contribution in [0.1, 0.15) is 16.1 Å². The first-order valence-corrected chi connectivity index (χ1v) is 9.28. The third-order valence-corrected chi connectivity index (χ3v) is 4.44. The highest BCUT2D eigenvalue weighted by Crippen LogP contribution is 2.26. The summed E-state index contributed by atoms with van der Waals surface area (Å²) in [4.78, 5) is 25.9. The van der Waals surface area contributed by atoms with E-state index in [-0.39, 0.29) is 5.91 Å². The number of rotatable bonds is 5. The number of carbonyl (C=O) groups is 1. The van der Waals surface area contributed by atoms with Crippen molar-refractivity contribution in [1.29, 1.82) is 0 Å². The number of methoxy groups -OCH3 is 1. The zero-order valence-electron chi connectivity index (χ0n) is 16.8. The number of pyridine rings is 3. The number of amides is 1. The van der Waals surface area contributed by atoms with Gasteiger partial charge < -0.3 is 10.1 Å². The number of hydrogen-bond acceptors (Lipinski definition) is 6. The zero-order valence-corrected chi connectivity index (χ0v) is 16.8. The largest absolute Gasteiger partial charge is 0.495 e. The molecule has 0 saturated carbocycles. The highest BCUT2D eigenvalue weighted by molar-refractivity contribution is 6.04. The van der Waals surface area contributed by atoms with Gasteiger partial charge in [0, 0.05) is 31.2 Å². The first kappa shape index (κ1) is 19.3. The Bertz CT molecular complexity index is 1200. The molecule has 0 spiro atoms. The van der Waals surface area contributed by atoms with Crippen molar-refractivity contribution in [2.45, 2.75) is 6.92 Å². The fourth-order valence-electron chi connectivity index (χ4n) is 3.01. The van der Waals surface area contributed by atoms with Crippen LogP contribution in [0.25, 0.3) is 22.6 Å². The van der Waals surface area contributed by atoms with E-state index in [0.717, 1.165) is 11.1 Å². The van der Waals surface area contributed by atoms with Gasteiger partial charge >= 0.3 is 0 Å². The zero-order chi connectivity index (χ0) is 21.1. The molecule has 0 unspecified atom stereocenters. The van der Waals surface area contributed by atoms with Crippen LogP contribution in [0.3, 0.4) is 0 Å². The predicted octanol–water partition coefficient (Wildman–Crippen LogP) is 3.51. The number of nitrogens with zero attached hydrogens (tertiary/aromatic N) is 5. The molecule has 8 nitrogen and oxygen atoms in total. The van der Waals surface area contributed by atoms with Gasteiger partial charge in [0.2, 0.25) is 0 Å². The minimum Gasteiger partial charge on any atom is -0.495 e. The molecule has 1 amide bonds. The van der Waals surface area contributed by atoms with Crippen LogP contribution in [0.15, 0.2) is 61.2 Å². The third kappa shape index (κ3) is 4.02. The van der Waals surface area contributed by atoms with Crippen molar-refractivity contribution in [2.24, 2.45) is 7.05 Å². The Morgan fingerprint density at radius 3 is 2.70 bits per heavy atom. The van der Waals surface area contributed by atoms with Crippen molar-refractivity contribution < 1.29 is 9.53 Å². The first-order valence-electron chi connectivity index (χ1n) is 9.28. The van der Waals surface area contributed by atoms with Crippen LogP contribution in [0.5, 0.6) is 5.75 Å². The number of aryl methyl sites for hydroxylation is 2. The molecule has 0 atom stereocenters. The molecule has 0 aliphatic carbocycles. The van der Waals surface area contributed by atoms with Gasteiger partial charge in [0.1, 0.15) is 17.1 Å². The minimum atomic E-state index is -0.333. The van der Waals surface area contributed by atoms with Crippen LogP contribution < -0.4 is 10.1 Å². The van der Waals surface area contributed by atoms with Crippen molar-refractivity contribution >= 4 is 11.6 Å². The SMILES string of the molecule is COc1ccc(-c2nn(C)cc2NC(=O)c2cccc(-c3cncc(C)c3)n2)nc1. The molecule has 0 bridgehead atoms. The summed E-state index contributed by atoms with van der Waals surface area (Å²) in [6, 6.07) is 10.9. The summed E-state index contributed by atoms with van der Waals surface area (Å²) in [7, 11) is 3.36. The maximum absolute atomic E-state index is 12.9. The summed E-state index contributed by atoms with van der Waals surface area (Å²) in [5.41, 5.74) is 4.59. The molecular weight excluding hydrogens is 380 g/mol. The summed E-state index contributed by atoms with van der Waals surface area (Å²) in [6.45, 7) is 1.96. The van der Waals surface area contributed by atoms with Crippen molar-refractivity contribution in [3.63, 3.8) is 0 Å². The third-order valence-electron chi connectivity index (χ3n) is 4.44. The van der Waals surface area contributed by atoms with E-state index in [4.69, 9.17) is 4.74 Å². The molecule has 30 heavy (non-hydrogen) atoms. The fourth-order valence-corrected chi connectivity index (χ4v) is 3.01. The average Bonchev–Trinajstić information content (AvgIpc) is 3.13. The summed E-state index contributed by atoms with van der Waals surface area (Å²) in [5.74, 6) is 0.312. The Labute approximate surface area is 173 Å². The molecule has 4 heterocycles. The first-order chi connectivity index (χ1) is 14.5. The Hall–Kier alpha value is -4.07. The van der Waals surface area contributed by atoms with E-state index in [2.05, 4.69) is 25.4 Å². The van der Waals surface area contributed by atoms with Gasteiger partial charge in [-0.15, -0.1) is 0 Å². The quantitative estimate of drug-likeness (QED) is 0.551. The molecule has 0 saturated heterocycles. The molecule has 4 rings (SSSR count). The standard InChI is InChI=1S/C22H20N6O2/c1-14-9-15(11-23-10-14)17-5-4-6-19(25-17)22(29)26-20-13-28(2)27-21(20)18-8-7-16(30-3)12-24-18/h4-13H,1-3H3,(H,26,29). The second-order valence-corrected chi connectivity index (χ2v) is 6.76. The Morgan fingerprint density at radius 1 is 1.10 bits per heavy atom. The van der Waals surface area contributed by atoms with Gasteiger partial charge in [-0.3, -0.25) is 19.4 Å². The van der Waals surface area contributed by atoms with Gasteiger partial charge in [0.15, 0.2) is 0 Å². The highest BCUT2D eigenvalue weighted by atomic mass is 16.5.